The molecule has 0 radical (unpaired) electrons. The van der Waals surface area contributed by atoms with Crippen molar-refractivity contribution in [2.45, 2.75) is 24.9 Å². The topological polar surface area (TPSA) is 38.7 Å². The van der Waals surface area contributed by atoms with Crippen LogP contribution in [0.1, 0.15) is 5.56 Å². The van der Waals surface area contributed by atoms with Gasteiger partial charge in [0.15, 0.2) is 0 Å². The van der Waals surface area contributed by atoms with E-state index in [2.05, 4.69) is 5.92 Å². The highest BCUT2D eigenvalue weighted by Gasteiger charge is 2.35. The molecule has 0 aromatic heterocycles. The van der Waals surface area contributed by atoms with E-state index >= 15 is 0 Å². The molecule has 1 aliphatic rings. The summed E-state index contributed by atoms with van der Waals surface area (Å²) in [6.45, 7) is 0.679. The van der Waals surface area contributed by atoms with Gasteiger partial charge in [-0.3, -0.25) is 0 Å². The smallest absolute Gasteiger partial charge is 0.146 e. The minimum Gasteiger partial charge on any atom is -0.388 e. The van der Waals surface area contributed by atoms with Crippen LogP contribution in [0.15, 0.2) is 30.3 Å². The molecule has 0 saturated carbocycles. The van der Waals surface area contributed by atoms with Gasteiger partial charge in [0.1, 0.15) is 18.3 Å². The lowest BCUT2D eigenvalue weighted by Crippen LogP contribution is -2.32. The zero-order chi connectivity index (χ0) is 11.4. The average molecular weight is 218 g/mol. The molecule has 1 aliphatic heterocycles. The Kier molecular flexibility index (Phi) is 3.58. The third-order valence-corrected chi connectivity index (χ3v) is 2.57. The maximum atomic E-state index is 9.62. The number of aliphatic hydroxyl groups is 1. The number of rotatable bonds is 3. The van der Waals surface area contributed by atoms with E-state index in [-0.39, 0.29) is 6.61 Å². The van der Waals surface area contributed by atoms with Crippen molar-refractivity contribution in [3.05, 3.63) is 35.9 Å². The molecule has 1 N–H and O–H groups in total. The second-order valence-electron chi connectivity index (χ2n) is 3.75. The highest BCUT2D eigenvalue weighted by Crippen LogP contribution is 2.18. The van der Waals surface area contributed by atoms with Crippen molar-refractivity contribution >= 4 is 0 Å². The quantitative estimate of drug-likeness (QED) is 0.768. The van der Waals surface area contributed by atoms with Gasteiger partial charge in [0.25, 0.3) is 0 Å². The fourth-order valence-electron chi connectivity index (χ4n) is 1.70. The fourth-order valence-corrected chi connectivity index (χ4v) is 1.70. The molecular weight excluding hydrogens is 204 g/mol. The summed E-state index contributed by atoms with van der Waals surface area (Å²) in [6, 6.07) is 9.76. The van der Waals surface area contributed by atoms with Gasteiger partial charge in [-0.15, -0.1) is 6.42 Å². The van der Waals surface area contributed by atoms with Crippen LogP contribution in [-0.2, 0) is 16.1 Å². The lowest BCUT2D eigenvalue weighted by atomic mass is 10.1. The van der Waals surface area contributed by atoms with Crippen LogP contribution in [0.5, 0.6) is 0 Å². The van der Waals surface area contributed by atoms with E-state index in [4.69, 9.17) is 15.9 Å². The number of terminal acetylenes is 1. The van der Waals surface area contributed by atoms with Crippen molar-refractivity contribution in [1.82, 2.24) is 0 Å². The van der Waals surface area contributed by atoms with E-state index in [1.54, 1.807) is 0 Å². The first-order chi connectivity index (χ1) is 7.81. The Hall–Kier alpha value is -1.34. The maximum absolute atomic E-state index is 9.62. The van der Waals surface area contributed by atoms with Gasteiger partial charge in [0.05, 0.1) is 13.2 Å². The minimum absolute atomic E-state index is 0.244. The van der Waals surface area contributed by atoms with Crippen molar-refractivity contribution in [3.8, 4) is 12.3 Å². The summed E-state index contributed by atoms with van der Waals surface area (Å²) < 4.78 is 10.8. The zero-order valence-corrected chi connectivity index (χ0v) is 8.87. The molecular formula is C13H14O3. The van der Waals surface area contributed by atoms with Gasteiger partial charge in [0.2, 0.25) is 0 Å². The van der Waals surface area contributed by atoms with Gasteiger partial charge in [-0.25, -0.2) is 0 Å². The van der Waals surface area contributed by atoms with Crippen LogP contribution in [-0.4, -0.2) is 30.0 Å². The zero-order valence-electron chi connectivity index (χ0n) is 8.87. The van der Waals surface area contributed by atoms with Crippen LogP contribution < -0.4 is 0 Å². The number of ether oxygens (including phenoxy) is 2. The summed E-state index contributed by atoms with van der Waals surface area (Å²) in [5.74, 6) is 2.47. The number of hydrogen-bond acceptors (Lipinski definition) is 3. The Morgan fingerprint density at radius 2 is 2.19 bits per heavy atom. The Bertz CT molecular complexity index is 369. The van der Waals surface area contributed by atoms with Crippen molar-refractivity contribution in [3.63, 3.8) is 0 Å². The van der Waals surface area contributed by atoms with E-state index in [0.29, 0.717) is 6.61 Å². The Morgan fingerprint density at radius 1 is 1.44 bits per heavy atom. The van der Waals surface area contributed by atoms with Crippen molar-refractivity contribution in [1.29, 1.82) is 0 Å². The first kappa shape index (κ1) is 11.2. The molecule has 0 aliphatic carbocycles. The molecule has 1 saturated heterocycles. The van der Waals surface area contributed by atoms with Crippen LogP contribution in [0.4, 0.5) is 0 Å². The van der Waals surface area contributed by atoms with E-state index in [9.17, 15) is 5.11 Å². The Balaban J connectivity index is 1.92. The predicted octanol–water partition coefficient (Wildman–Crippen LogP) is 0.965. The Labute approximate surface area is 95.0 Å². The Morgan fingerprint density at radius 3 is 2.88 bits per heavy atom. The summed E-state index contributed by atoms with van der Waals surface area (Å²) in [5.41, 5.74) is 1.05. The predicted molar refractivity (Wildman–Crippen MR) is 59.6 cm³/mol. The molecule has 0 amide bonds. The fraction of sp³-hybridized carbons (Fsp3) is 0.385. The van der Waals surface area contributed by atoms with Crippen molar-refractivity contribution in [2.24, 2.45) is 0 Å². The standard InChI is InChI=1S/C13H14O3/c1-2-12-13(11(14)9-15-12)16-8-10-6-4-3-5-7-10/h1,3-7,11-14H,8-9H2/t11-,12+,13+/m1/s1. The van der Waals surface area contributed by atoms with Gasteiger partial charge >= 0.3 is 0 Å². The normalized spacial score (nSPS) is 28.9. The monoisotopic (exact) mass is 218 g/mol. The largest absolute Gasteiger partial charge is 0.388 e. The van der Waals surface area contributed by atoms with Gasteiger partial charge in [-0.05, 0) is 5.56 Å². The van der Waals surface area contributed by atoms with Crippen LogP contribution in [0.3, 0.4) is 0 Å². The molecule has 1 aromatic carbocycles. The highest BCUT2D eigenvalue weighted by atomic mass is 16.6. The molecule has 1 aromatic rings. The van der Waals surface area contributed by atoms with Crippen molar-refractivity contribution < 1.29 is 14.6 Å². The van der Waals surface area contributed by atoms with Gasteiger partial charge in [-0.2, -0.15) is 0 Å². The van der Waals surface area contributed by atoms with Gasteiger partial charge in [0, 0.05) is 0 Å². The van der Waals surface area contributed by atoms with E-state index < -0.39 is 18.3 Å². The molecule has 84 valence electrons. The molecule has 1 heterocycles. The minimum atomic E-state index is -0.634. The second kappa shape index (κ2) is 5.13. The number of benzene rings is 1. The highest BCUT2D eigenvalue weighted by molar-refractivity contribution is 5.14. The molecule has 0 unspecified atom stereocenters. The molecule has 3 nitrogen and oxygen atoms in total. The van der Waals surface area contributed by atoms with E-state index in [0.717, 1.165) is 5.56 Å². The summed E-state index contributed by atoms with van der Waals surface area (Å²) in [6.07, 6.45) is 3.78. The molecule has 3 heteroatoms. The van der Waals surface area contributed by atoms with Gasteiger partial charge < -0.3 is 14.6 Å². The maximum Gasteiger partial charge on any atom is 0.146 e. The molecule has 16 heavy (non-hydrogen) atoms. The van der Waals surface area contributed by atoms with Crippen molar-refractivity contribution in [2.75, 3.05) is 6.61 Å². The molecule has 3 atom stereocenters. The van der Waals surface area contributed by atoms with Gasteiger partial charge in [-0.1, -0.05) is 36.3 Å². The summed E-state index contributed by atoms with van der Waals surface area (Å²) >= 11 is 0. The van der Waals surface area contributed by atoms with Crippen LogP contribution in [0.25, 0.3) is 0 Å². The first-order valence-corrected chi connectivity index (χ1v) is 5.22. The molecule has 0 spiro atoms. The average Bonchev–Trinajstić information content (AvgIpc) is 2.69. The third-order valence-electron chi connectivity index (χ3n) is 2.57. The SMILES string of the molecule is C#C[C@@H]1OC[C@@H](O)[C@@H]1OCc1ccccc1. The molecule has 2 rings (SSSR count). The van der Waals surface area contributed by atoms with E-state index in [1.807, 2.05) is 30.3 Å². The third kappa shape index (κ3) is 2.42. The summed E-state index contributed by atoms with van der Waals surface area (Å²) in [7, 11) is 0. The summed E-state index contributed by atoms with van der Waals surface area (Å²) in [5, 5.41) is 9.62. The lowest BCUT2D eigenvalue weighted by Gasteiger charge is -2.17. The number of hydrogen-bond donors (Lipinski definition) is 1. The van der Waals surface area contributed by atoms with E-state index in [1.165, 1.54) is 0 Å². The summed E-state index contributed by atoms with van der Waals surface area (Å²) in [4.78, 5) is 0. The lowest BCUT2D eigenvalue weighted by molar-refractivity contribution is -0.0317. The molecule has 1 fully saturated rings. The first-order valence-electron chi connectivity index (χ1n) is 5.22. The van der Waals surface area contributed by atoms with Crippen LogP contribution in [0.2, 0.25) is 0 Å². The number of aliphatic hydroxyl groups excluding tert-OH is 1. The molecule has 0 bridgehead atoms. The second-order valence-corrected chi connectivity index (χ2v) is 3.75. The van der Waals surface area contributed by atoms with Crippen LogP contribution in [0, 0.1) is 12.3 Å². The van der Waals surface area contributed by atoms with Crippen LogP contribution >= 0.6 is 0 Å².